The Hall–Kier alpha value is -2.77. The van der Waals surface area contributed by atoms with Crippen LogP contribution in [0.4, 0.5) is 0 Å². The first-order chi connectivity index (χ1) is 14.2. The second-order valence-electron chi connectivity index (χ2n) is 7.36. The van der Waals surface area contributed by atoms with Gasteiger partial charge in [-0.15, -0.1) is 0 Å². The van der Waals surface area contributed by atoms with Crippen molar-refractivity contribution >= 4 is 5.91 Å². The Kier molecular flexibility index (Phi) is 6.17. The van der Waals surface area contributed by atoms with E-state index >= 15 is 0 Å². The van der Waals surface area contributed by atoms with Crippen LogP contribution in [-0.4, -0.2) is 62.3 Å². The van der Waals surface area contributed by atoms with Crippen molar-refractivity contribution in [1.82, 2.24) is 15.1 Å². The zero-order valence-corrected chi connectivity index (χ0v) is 16.7. The highest BCUT2D eigenvalue weighted by Gasteiger charge is 2.19. The van der Waals surface area contributed by atoms with Gasteiger partial charge in [-0.1, -0.05) is 18.2 Å². The molecule has 154 valence electrons. The van der Waals surface area contributed by atoms with E-state index in [0.717, 1.165) is 55.5 Å². The molecule has 2 aliphatic rings. The van der Waals surface area contributed by atoms with Gasteiger partial charge in [-0.2, -0.15) is 0 Å². The highest BCUT2D eigenvalue weighted by atomic mass is 16.7. The molecule has 2 aromatic rings. The van der Waals surface area contributed by atoms with Crippen molar-refractivity contribution in [2.24, 2.45) is 0 Å². The normalized spacial score (nSPS) is 16.6. The minimum atomic E-state index is 0.0475. The number of hydrogen-bond donors (Lipinski definition) is 1. The molecule has 0 aromatic heterocycles. The van der Waals surface area contributed by atoms with E-state index in [-0.39, 0.29) is 12.7 Å². The van der Waals surface area contributed by atoms with Gasteiger partial charge >= 0.3 is 0 Å². The van der Waals surface area contributed by atoms with Crippen molar-refractivity contribution in [1.29, 1.82) is 0 Å². The molecule has 29 heavy (non-hydrogen) atoms. The van der Waals surface area contributed by atoms with Gasteiger partial charge < -0.3 is 19.5 Å². The fraction of sp³-hybridized carbons (Fsp3) is 0.409. The molecule has 2 aromatic carbocycles. The number of nitrogens with one attached hydrogen (secondary N) is 1. The summed E-state index contributed by atoms with van der Waals surface area (Å²) in [7, 11) is 1.68. The lowest BCUT2D eigenvalue weighted by molar-refractivity contribution is -0.122. The maximum Gasteiger partial charge on any atom is 0.234 e. The predicted octanol–water partition coefficient (Wildman–Crippen LogP) is 1.86. The molecular formula is C22H27N3O4. The number of carbonyl (C=O) groups excluding carboxylic acids is 1. The summed E-state index contributed by atoms with van der Waals surface area (Å²) in [6.07, 6.45) is 0. The number of rotatable bonds is 7. The first-order valence-corrected chi connectivity index (χ1v) is 9.92. The van der Waals surface area contributed by atoms with Crippen LogP contribution in [0.3, 0.4) is 0 Å². The Bertz CT molecular complexity index is 832. The van der Waals surface area contributed by atoms with Crippen molar-refractivity contribution in [3.63, 3.8) is 0 Å². The monoisotopic (exact) mass is 397 g/mol. The van der Waals surface area contributed by atoms with Gasteiger partial charge in [0.25, 0.3) is 0 Å². The van der Waals surface area contributed by atoms with Gasteiger partial charge in [0.05, 0.1) is 13.7 Å². The van der Waals surface area contributed by atoms with Gasteiger partial charge in [-0.05, 0) is 35.4 Å². The minimum absolute atomic E-state index is 0.0475. The fourth-order valence-corrected chi connectivity index (χ4v) is 3.61. The van der Waals surface area contributed by atoms with Gasteiger partial charge in [0, 0.05) is 39.3 Å². The molecule has 0 aliphatic carbocycles. The number of amides is 1. The number of carbonyl (C=O) groups is 1. The van der Waals surface area contributed by atoms with Crippen molar-refractivity contribution in [3.8, 4) is 17.2 Å². The van der Waals surface area contributed by atoms with Crippen molar-refractivity contribution < 1.29 is 19.0 Å². The van der Waals surface area contributed by atoms with E-state index in [4.69, 9.17) is 14.2 Å². The van der Waals surface area contributed by atoms with Crippen LogP contribution in [0, 0.1) is 0 Å². The summed E-state index contributed by atoms with van der Waals surface area (Å²) in [5.41, 5.74) is 2.28. The lowest BCUT2D eigenvalue weighted by Crippen LogP contribution is -2.49. The molecule has 1 saturated heterocycles. The van der Waals surface area contributed by atoms with Crippen molar-refractivity contribution in [3.05, 3.63) is 53.6 Å². The molecule has 0 saturated carbocycles. The summed E-state index contributed by atoms with van der Waals surface area (Å²) >= 11 is 0. The van der Waals surface area contributed by atoms with Gasteiger partial charge in [0.2, 0.25) is 12.7 Å². The standard InChI is InChI=1S/C22H27N3O4/c1-27-19-5-2-17(3-6-19)14-24-8-10-25(11-9-24)15-22(26)23-13-18-4-7-20-21(12-18)29-16-28-20/h2-7,12H,8-11,13-16H2,1H3,(H,23,26). The molecule has 2 aliphatic heterocycles. The molecule has 1 fully saturated rings. The van der Waals surface area contributed by atoms with Crippen LogP contribution in [0.5, 0.6) is 17.2 Å². The lowest BCUT2D eigenvalue weighted by atomic mass is 10.2. The Morgan fingerprint density at radius 3 is 2.41 bits per heavy atom. The predicted molar refractivity (Wildman–Crippen MR) is 109 cm³/mol. The SMILES string of the molecule is COc1ccc(CN2CCN(CC(=O)NCc3ccc4c(c3)OCO4)CC2)cc1. The van der Waals surface area contributed by atoms with Crippen LogP contribution in [-0.2, 0) is 17.9 Å². The third-order valence-electron chi connectivity index (χ3n) is 5.32. The second-order valence-corrected chi connectivity index (χ2v) is 7.36. The topological polar surface area (TPSA) is 63.3 Å². The van der Waals surface area contributed by atoms with E-state index in [1.165, 1.54) is 5.56 Å². The van der Waals surface area contributed by atoms with E-state index in [9.17, 15) is 4.79 Å². The zero-order valence-electron chi connectivity index (χ0n) is 16.7. The molecule has 7 nitrogen and oxygen atoms in total. The summed E-state index contributed by atoms with van der Waals surface area (Å²) in [6, 6.07) is 14.0. The molecule has 4 rings (SSSR count). The molecule has 0 bridgehead atoms. The summed E-state index contributed by atoms with van der Waals surface area (Å²) in [5, 5.41) is 3.00. The van der Waals surface area contributed by atoms with Crippen LogP contribution in [0.1, 0.15) is 11.1 Å². The summed E-state index contributed by atoms with van der Waals surface area (Å²) < 4.78 is 15.9. The second kappa shape index (κ2) is 9.15. The molecule has 0 atom stereocenters. The Morgan fingerprint density at radius 1 is 0.966 bits per heavy atom. The van der Waals surface area contributed by atoms with E-state index in [2.05, 4.69) is 27.2 Å². The third kappa shape index (κ3) is 5.19. The van der Waals surface area contributed by atoms with E-state index in [1.54, 1.807) is 7.11 Å². The van der Waals surface area contributed by atoms with Crippen LogP contribution in [0.2, 0.25) is 0 Å². The number of fused-ring (bicyclic) bond motifs is 1. The highest BCUT2D eigenvalue weighted by molar-refractivity contribution is 5.78. The molecule has 0 spiro atoms. The van der Waals surface area contributed by atoms with Gasteiger partial charge in [-0.3, -0.25) is 14.6 Å². The van der Waals surface area contributed by atoms with E-state index in [1.807, 2.05) is 30.3 Å². The number of methoxy groups -OCH3 is 1. The molecule has 1 amide bonds. The average molecular weight is 397 g/mol. The Balaban J connectivity index is 1.17. The van der Waals surface area contributed by atoms with E-state index in [0.29, 0.717) is 13.1 Å². The number of hydrogen-bond acceptors (Lipinski definition) is 6. The molecule has 2 heterocycles. The van der Waals surface area contributed by atoms with Crippen LogP contribution in [0.25, 0.3) is 0 Å². The highest BCUT2D eigenvalue weighted by Crippen LogP contribution is 2.32. The fourth-order valence-electron chi connectivity index (χ4n) is 3.61. The lowest BCUT2D eigenvalue weighted by Gasteiger charge is -2.34. The van der Waals surface area contributed by atoms with Crippen LogP contribution in [0.15, 0.2) is 42.5 Å². The molecular weight excluding hydrogens is 370 g/mol. The number of benzene rings is 2. The van der Waals surface area contributed by atoms with Crippen molar-refractivity contribution in [2.75, 3.05) is 46.6 Å². The van der Waals surface area contributed by atoms with Crippen LogP contribution < -0.4 is 19.5 Å². The largest absolute Gasteiger partial charge is 0.497 e. The molecule has 0 radical (unpaired) electrons. The maximum absolute atomic E-state index is 12.3. The number of piperazine rings is 1. The van der Waals surface area contributed by atoms with Gasteiger partial charge in [0.15, 0.2) is 11.5 Å². The first-order valence-electron chi connectivity index (χ1n) is 9.92. The molecule has 0 unspecified atom stereocenters. The first kappa shape index (κ1) is 19.5. The summed E-state index contributed by atoms with van der Waals surface area (Å²) in [5.74, 6) is 2.42. The van der Waals surface area contributed by atoms with E-state index < -0.39 is 0 Å². The molecule has 1 N–H and O–H groups in total. The summed E-state index contributed by atoms with van der Waals surface area (Å²) in [6.45, 7) is 5.82. The molecule has 7 heteroatoms. The third-order valence-corrected chi connectivity index (χ3v) is 5.32. The Labute approximate surface area is 171 Å². The average Bonchev–Trinajstić information content (AvgIpc) is 3.22. The van der Waals surface area contributed by atoms with Crippen LogP contribution >= 0.6 is 0 Å². The Morgan fingerprint density at radius 2 is 1.66 bits per heavy atom. The maximum atomic E-state index is 12.3. The summed E-state index contributed by atoms with van der Waals surface area (Å²) in [4.78, 5) is 16.9. The zero-order chi connectivity index (χ0) is 20.1. The smallest absolute Gasteiger partial charge is 0.234 e. The van der Waals surface area contributed by atoms with Gasteiger partial charge in [-0.25, -0.2) is 0 Å². The van der Waals surface area contributed by atoms with Gasteiger partial charge in [0.1, 0.15) is 5.75 Å². The van der Waals surface area contributed by atoms with Crippen molar-refractivity contribution in [2.45, 2.75) is 13.1 Å². The quantitative estimate of drug-likeness (QED) is 0.770. The number of ether oxygens (including phenoxy) is 3. The number of nitrogens with zero attached hydrogens (tertiary/aromatic N) is 2. The minimum Gasteiger partial charge on any atom is -0.497 e.